The summed E-state index contributed by atoms with van der Waals surface area (Å²) in [7, 11) is 1.58. The van der Waals surface area contributed by atoms with Gasteiger partial charge in [-0.3, -0.25) is 4.79 Å². The normalized spacial score (nSPS) is 10.1. The van der Waals surface area contributed by atoms with Gasteiger partial charge in [-0.05, 0) is 48.2 Å². The maximum atomic E-state index is 11.9. The van der Waals surface area contributed by atoms with Gasteiger partial charge in [0, 0.05) is 12.2 Å². The second-order valence-electron chi connectivity index (χ2n) is 5.61. The molecule has 0 aliphatic heterocycles. The summed E-state index contributed by atoms with van der Waals surface area (Å²) in [5.41, 5.74) is 8.57. The van der Waals surface area contributed by atoms with E-state index in [4.69, 9.17) is 15.2 Å². The molecular weight excluding hydrogens is 316 g/mol. The van der Waals surface area contributed by atoms with Gasteiger partial charge in [-0.2, -0.15) is 0 Å². The summed E-state index contributed by atoms with van der Waals surface area (Å²) >= 11 is 0. The van der Waals surface area contributed by atoms with Gasteiger partial charge in [0.25, 0.3) is 5.91 Å². The highest BCUT2D eigenvalue weighted by Crippen LogP contribution is 2.28. The number of carbonyl (C=O) groups is 1. The number of carbonyl (C=O) groups excluding carboxylic acids is 1. The lowest BCUT2D eigenvalue weighted by Crippen LogP contribution is -2.30. The van der Waals surface area contributed by atoms with Crippen molar-refractivity contribution in [1.29, 1.82) is 0 Å². The molecule has 0 fully saturated rings. The lowest BCUT2D eigenvalue weighted by molar-refractivity contribution is -0.123. The van der Waals surface area contributed by atoms with E-state index in [1.165, 1.54) is 0 Å². The topological polar surface area (TPSA) is 73.6 Å². The van der Waals surface area contributed by atoms with Crippen molar-refractivity contribution in [3.63, 3.8) is 0 Å². The number of methoxy groups -OCH3 is 1. The van der Waals surface area contributed by atoms with Gasteiger partial charge >= 0.3 is 0 Å². The second-order valence-corrected chi connectivity index (χ2v) is 5.61. The molecule has 0 spiro atoms. The van der Waals surface area contributed by atoms with Crippen LogP contribution in [0, 0.1) is 0 Å². The zero-order valence-corrected chi connectivity index (χ0v) is 14.5. The standard InChI is InChI=1S/C20H24N2O3/c1-3-4-16-7-10-18(19(13-16)24-2)25-14-20(23)22-12-11-15-5-8-17(21)9-6-15/h3,5-10,13H,1,4,11-12,14,21H2,2H3,(H,22,23). The van der Waals surface area contributed by atoms with Crippen molar-refractivity contribution < 1.29 is 14.3 Å². The van der Waals surface area contributed by atoms with Crippen LogP contribution in [0.2, 0.25) is 0 Å². The lowest BCUT2D eigenvalue weighted by Gasteiger charge is -2.12. The summed E-state index contributed by atoms with van der Waals surface area (Å²) in [4.78, 5) is 11.9. The van der Waals surface area contributed by atoms with Gasteiger partial charge in [0.15, 0.2) is 18.1 Å². The van der Waals surface area contributed by atoms with Crippen molar-refractivity contribution in [2.45, 2.75) is 12.8 Å². The van der Waals surface area contributed by atoms with Crippen LogP contribution in [0.4, 0.5) is 5.69 Å². The minimum atomic E-state index is -0.173. The van der Waals surface area contributed by atoms with Crippen LogP contribution in [-0.4, -0.2) is 26.2 Å². The first-order valence-electron chi connectivity index (χ1n) is 8.14. The molecule has 0 saturated carbocycles. The minimum absolute atomic E-state index is 0.0566. The first-order valence-corrected chi connectivity index (χ1v) is 8.14. The van der Waals surface area contributed by atoms with E-state index < -0.39 is 0 Å². The average molecular weight is 340 g/mol. The minimum Gasteiger partial charge on any atom is -0.493 e. The Hall–Kier alpha value is -2.95. The Kier molecular flexibility index (Phi) is 6.89. The largest absolute Gasteiger partial charge is 0.493 e. The van der Waals surface area contributed by atoms with Crippen LogP contribution in [0.25, 0.3) is 0 Å². The van der Waals surface area contributed by atoms with Gasteiger partial charge in [-0.25, -0.2) is 0 Å². The molecular formula is C20H24N2O3. The third-order valence-corrected chi connectivity index (χ3v) is 3.68. The van der Waals surface area contributed by atoms with Crippen LogP contribution in [0.3, 0.4) is 0 Å². The number of hydrogen-bond donors (Lipinski definition) is 2. The number of nitrogens with one attached hydrogen (secondary N) is 1. The van der Waals surface area contributed by atoms with Crippen molar-refractivity contribution in [3.05, 3.63) is 66.2 Å². The SMILES string of the molecule is C=CCc1ccc(OCC(=O)NCCc2ccc(N)cc2)c(OC)c1. The summed E-state index contributed by atoms with van der Waals surface area (Å²) in [6, 6.07) is 13.2. The molecule has 0 radical (unpaired) electrons. The highest BCUT2D eigenvalue weighted by molar-refractivity contribution is 5.77. The predicted molar refractivity (Wildman–Crippen MR) is 100.0 cm³/mol. The van der Waals surface area contributed by atoms with Gasteiger partial charge in [0.1, 0.15) is 0 Å². The summed E-state index contributed by atoms with van der Waals surface area (Å²) in [6.45, 7) is 4.20. The number of nitrogens with two attached hydrogens (primary N) is 1. The Morgan fingerprint density at radius 2 is 1.88 bits per heavy atom. The van der Waals surface area contributed by atoms with Crippen LogP contribution < -0.4 is 20.5 Å². The monoisotopic (exact) mass is 340 g/mol. The van der Waals surface area contributed by atoms with E-state index in [0.717, 1.165) is 29.7 Å². The third-order valence-electron chi connectivity index (χ3n) is 3.68. The first-order chi connectivity index (χ1) is 12.1. The Labute approximate surface area is 148 Å². The number of benzene rings is 2. The molecule has 5 heteroatoms. The summed E-state index contributed by atoms with van der Waals surface area (Å²) in [5.74, 6) is 0.977. The average Bonchev–Trinajstić information content (AvgIpc) is 2.62. The van der Waals surface area contributed by atoms with Crippen molar-refractivity contribution in [2.75, 3.05) is 26.0 Å². The van der Waals surface area contributed by atoms with Gasteiger partial charge in [-0.15, -0.1) is 6.58 Å². The van der Waals surface area contributed by atoms with E-state index in [1.54, 1.807) is 13.2 Å². The van der Waals surface area contributed by atoms with Gasteiger partial charge < -0.3 is 20.5 Å². The second kappa shape index (κ2) is 9.37. The highest BCUT2D eigenvalue weighted by Gasteiger charge is 2.08. The fourth-order valence-electron chi connectivity index (χ4n) is 2.35. The van der Waals surface area contributed by atoms with Crippen molar-refractivity contribution in [1.82, 2.24) is 5.32 Å². The molecule has 2 aromatic carbocycles. The summed E-state index contributed by atoms with van der Waals surface area (Å²) in [5, 5.41) is 2.84. The van der Waals surface area contributed by atoms with E-state index in [1.807, 2.05) is 42.5 Å². The van der Waals surface area contributed by atoms with Crippen LogP contribution in [0.1, 0.15) is 11.1 Å². The Morgan fingerprint density at radius 3 is 2.56 bits per heavy atom. The van der Waals surface area contributed by atoms with Gasteiger partial charge in [0.05, 0.1) is 7.11 Å². The number of anilines is 1. The zero-order chi connectivity index (χ0) is 18.1. The van der Waals surface area contributed by atoms with Crippen LogP contribution in [0.5, 0.6) is 11.5 Å². The molecule has 1 amide bonds. The molecule has 2 rings (SSSR count). The molecule has 2 aromatic rings. The van der Waals surface area contributed by atoms with Gasteiger partial charge in [0.2, 0.25) is 0 Å². The third kappa shape index (κ3) is 5.88. The smallest absolute Gasteiger partial charge is 0.257 e. The number of allylic oxidation sites excluding steroid dienone is 1. The lowest BCUT2D eigenvalue weighted by atomic mass is 10.1. The molecule has 5 nitrogen and oxygen atoms in total. The first kappa shape index (κ1) is 18.4. The molecule has 0 aliphatic carbocycles. The maximum Gasteiger partial charge on any atom is 0.257 e. The van der Waals surface area contributed by atoms with E-state index in [9.17, 15) is 4.79 Å². The number of rotatable bonds is 9. The Bertz CT molecular complexity index is 711. The zero-order valence-electron chi connectivity index (χ0n) is 14.5. The summed E-state index contributed by atoms with van der Waals surface area (Å²) < 4.78 is 10.9. The molecule has 0 atom stereocenters. The van der Waals surface area contributed by atoms with Crippen molar-refractivity contribution in [3.8, 4) is 11.5 Å². The summed E-state index contributed by atoms with van der Waals surface area (Å²) in [6.07, 6.45) is 3.32. The van der Waals surface area contributed by atoms with Crippen LogP contribution in [-0.2, 0) is 17.6 Å². The Morgan fingerprint density at radius 1 is 1.16 bits per heavy atom. The van der Waals surface area contributed by atoms with Crippen LogP contribution in [0.15, 0.2) is 55.1 Å². The van der Waals surface area contributed by atoms with Crippen molar-refractivity contribution in [2.24, 2.45) is 0 Å². The van der Waals surface area contributed by atoms with E-state index in [0.29, 0.717) is 18.0 Å². The number of ether oxygens (including phenoxy) is 2. The number of nitrogen functional groups attached to an aromatic ring is 1. The fourth-order valence-corrected chi connectivity index (χ4v) is 2.35. The number of hydrogen-bond acceptors (Lipinski definition) is 4. The molecule has 0 saturated heterocycles. The van der Waals surface area contributed by atoms with E-state index in [-0.39, 0.29) is 12.5 Å². The highest BCUT2D eigenvalue weighted by atomic mass is 16.5. The van der Waals surface area contributed by atoms with Crippen molar-refractivity contribution >= 4 is 11.6 Å². The van der Waals surface area contributed by atoms with Crippen LogP contribution >= 0.6 is 0 Å². The molecule has 0 aliphatic rings. The van der Waals surface area contributed by atoms with E-state index >= 15 is 0 Å². The molecule has 0 bridgehead atoms. The van der Waals surface area contributed by atoms with E-state index in [2.05, 4.69) is 11.9 Å². The maximum absolute atomic E-state index is 11.9. The van der Waals surface area contributed by atoms with Gasteiger partial charge in [-0.1, -0.05) is 24.3 Å². The molecule has 3 N–H and O–H groups in total. The Balaban J connectivity index is 1.79. The molecule has 0 aromatic heterocycles. The number of amides is 1. The molecule has 0 heterocycles. The molecule has 0 unspecified atom stereocenters. The molecule has 132 valence electrons. The fraction of sp³-hybridized carbons (Fsp3) is 0.250. The molecule has 25 heavy (non-hydrogen) atoms. The quantitative estimate of drug-likeness (QED) is 0.544. The predicted octanol–water partition coefficient (Wildman–Crippen LogP) is 2.74.